The molecule has 0 bridgehead atoms. The minimum atomic E-state index is -0.0213. The van der Waals surface area contributed by atoms with E-state index in [2.05, 4.69) is 0 Å². The first-order valence-corrected chi connectivity index (χ1v) is 5.62. The maximum atomic E-state index is 11.9. The second-order valence-corrected chi connectivity index (χ2v) is 3.93. The summed E-state index contributed by atoms with van der Waals surface area (Å²) in [6, 6.07) is 16.5. The number of phenolic OH excluding ortho intramolecular Hbond substituents is 1. The van der Waals surface area contributed by atoms with E-state index in [-0.39, 0.29) is 19.9 Å². The summed E-state index contributed by atoms with van der Waals surface area (Å²) in [6.07, 6.45) is 1.12. The van der Waals surface area contributed by atoms with E-state index in [1.165, 1.54) is 6.07 Å². The molecular weight excluding hydrogens is 223 g/mol. The quantitative estimate of drug-likeness (QED) is 0.655. The fourth-order valence-corrected chi connectivity index (χ4v) is 1.75. The van der Waals surface area contributed by atoms with Crippen molar-refractivity contribution in [2.45, 2.75) is 12.8 Å². The first kappa shape index (κ1) is 14.0. The van der Waals surface area contributed by atoms with Gasteiger partial charge in [0.2, 0.25) is 0 Å². The molecule has 0 atom stereocenters. The number of aryl methyl sites for hydroxylation is 1. The van der Waals surface area contributed by atoms with Gasteiger partial charge in [-0.2, -0.15) is 0 Å². The predicted octanol–water partition coefficient (Wildman–Crippen LogP) is 2.83. The van der Waals surface area contributed by atoms with Crippen molar-refractivity contribution in [2.24, 2.45) is 0 Å². The first-order chi connectivity index (χ1) is 8.27. The van der Waals surface area contributed by atoms with Crippen molar-refractivity contribution in [1.82, 2.24) is 0 Å². The van der Waals surface area contributed by atoms with Gasteiger partial charge in [-0.25, -0.2) is 0 Å². The van der Waals surface area contributed by atoms with E-state index in [4.69, 9.17) is 0 Å². The summed E-state index contributed by atoms with van der Waals surface area (Å²) in [6.45, 7) is 0. The van der Waals surface area contributed by atoms with Gasteiger partial charge in [-0.3, -0.25) is 4.79 Å². The lowest BCUT2D eigenvalue weighted by Crippen LogP contribution is -2.01. The van der Waals surface area contributed by atoms with Crippen LogP contribution in [-0.2, 0) is 6.42 Å². The van der Waals surface area contributed by atoms with Crippen LogP contribution in [0.4, 0.5) is 0 Å². The Kier molecular flexibility index (Phi) is 5.18. The largest absolute Gasteiger partial charge is 0.507 e. The zero-order chi connectivity index (χ0) is 12.1. The average molecular weight is 237 g/mol. The highest BCUT2D eigenvalue weighted by Gasteiger charge is 2.09. The highest BCUT2D eigenvalue weighted by Crippen LogP contribution is 2.18. The van der Waals surface area contributed by atoms with Crippen LogP contribution in [0.3, 0.4) is 0 Å². The van der Waals surface area contributed by atoms with Gasteiger partial charge < -0.3 is 5.11 Å². The predicted molar refractivity (Wildman–Crippen MR) is 73.0 cm³/mol. The Hall–Kier alpha value is -2.03. The molecule has 2 nitrogen and oxygen atoms in total. The van der Waals surface area contributed by atoms with Gasteiger partial charge in [0.25, 0.3) is 0 Å². The van der Waals surface area contributed by atoms with Crippen molar-refractivity contribution in [3.8, 4) is 5.75 Å². The number of rotatable bonds is 4. The molecule has 18 heavy (non-hydrogen) atoms. The standard InChI is InChI=1S/C15H14O2.B/c16-14-9-5-4-8-13(14)15(17)11-10-12-6-2-1-3-7-12;/h1-9,16H,10-11H2;. The van der Waals surface area contributed by atoms with E-state index < -0.39 is 0 Å². The van der Waals surface area contributed by atoms with Crippen LogP contribution >= 0.6 is 0 Å². The third-order valence-electron chi connectivity index (χ3n) is 2.69. The Labute approximate surface area is 109 Å². The summed E-state index contributed by atoms with van der Waals surface area (Å²) >= 11 is 0. The maximum absolute atomic E-state index is 11.9. The second kappa shape index (κ2) is 6.65. The Morgan fingerprint density at radius 1 is 0.944 bits per heavy atom. The van der Waals surface area contributed by atoms with E-state index in [0.717, 1.165) is 5.56 Å². The van der Waals surface area contributed by atoms with Gasteiger partial charge in [-0.1, -0.05) is 42.5 Å². The molecule has 3 heteroatoms. The van der Waals surface area contributed by atoms with Gasteiger partial charge in [0.15, 0.2) is 5.78 Å². The van der Waals surface area contributed by atoms with Crippen molar-refractivity contribution in [3.63, 3.8) is 0 Å². The lowest BCUT2D eigenvalue weighted by Gasteiger charge is -2.03. The number of hydrogen-bond donors (Lipinski definition) is 1. The topological polar surface area (TPSA) is 37.3 Å². The number of benzene rings is 2. The van der Waals surface area contributed by atoms with Gasteiger partial charge in [0.05, 0.1) is 5.56 Å². The molecule has 0 spiro atoms. The van der Waals surface area contributed by atoms with Crippen LogP contribution in [-0.4, -0.2) is 19.3 Å². The molecule has 89 valence electrons. The maximum Gasteiger partial charge on any atom is 0.166 e. The van der Waals surface area contributed by atoms with Crippen molar-refractivity contribution < 1.29 is 9.90 Å². The molecule has 0 amide bonds. The van der Waals surface area contributed by atoms with Crippen LogP contribution in [0.25, 0.3) is 0 Å². The molecule has 0 heterocycles. The Balaban J connectivity index is 0.00000162. The molecular formula is C15H14BO2. The van der Waals surface area contributed by atoms with Crippen LogP contribution in [0.15, 0.2) is 54.6 Å². The van der Waals surface area contributed by atoms with E-state index >= 15 is 0 Å². The summed E-state index contributed by atoms with van der Waals surface area (Å²) in [5.41, 5.74) is 1.54. The molecule has 0 aliphatic rings. The highest BCUT2D eigenvalue weighted by atomic mass is 16.3. The first-order valence-electron chi connectivity index (χ1n) is 5.62. The monoisotopic (exact) mass is 237 g/mol. The molecule has 0 saturated carbocycles. The number of aromatic hydroxyl groups is 1. The van der Waals surface area contributed by atoms with Crippen molar-refractivity contribution >= 4 is 14.2 Å². The van der Waals surface area contributed by atoms with E-state index in [9.17, 15) is 9.90 Å². The average Bonchev–Trinajstić information content (AvgIpc) is 2.38. The molecule has 0 fully saturated rings. The van der Waals surface area contributed by atoms with Gasteiger partial charge in [-0.05, 0) is 24.1 Å². The minimum Gasteiger partial charge on any atom is -0.507 e. The molecule has 0 aliphatic carbocycles. The van der Waals surface area contributed by atoms with Gasteiger partial charge >= 0.3 is 0 Å². The number of hydrogen-bond acceptors (Lipinski definition) is 2. The van der Waals surface area contributed by atoms with Gasteiger partial charge in [0.1, 0.15) is 5.75 Å². The summed E-state index contributed by atoms with van der Waals surface area (Å²) in [4.78, 5) is 11.9. The van der Waals surface area contributed by atoms with Crippen LogP contribution in [0.2, 0.25) is 0 Å². The number of phenols is 1. The third kappa shape index (κ3) is 3.49. The molecule has 1 N–H and O–H groups in total. The fourth-order valence-electron chi connectivity index (χ4n) is 1.75. The molecule has 3 radical (unpaired) electrons. The van der Waals surface area contributed by atoms with Crippen molar-refractivity contribution in [2.75, 3.05) is 0 Å². The number of ketones is 1. The molecule has 0 aromatic heterocycles. The van der Waals surface area contributed by atoms with E-state index in [1.807, 2.05) is 30.3 Å². The van der Waals surface area contributed by atoms with E-state index in [1.54, 1.807) is 18.2 Å². The third-order valence-corrected chi connectivity index (χ3v) is 2.69. The van der Waals surface area contributed by atoms with Crippen LogP contribution in [0.5, 0.6) is 5.75 Å². The number of carbonyl (C=O) groups is 1. The molecule has 2 aromatic rings. The second-order valence-electron chi connectivity index (χ2n) is 3.93. The summed E-state index contributed by atoms with van der Waals surface area (Å²) < 4.78 is 0. The molecule has 2 aromatic carbocycles. The Morgan fingerprint density at radius 3 is 2.22 bits per heavy atom. The van der Waals surface area contributed by atoms with Gasteiger partial charge in [-0.15, -0.1) is 0 Å². The summed E-state index contributed by atoms with van der Waals surface area (Å²) in [5, 5.41) is 9.56. The smallest absolute Gasteiger partial charge is 0.166 e. The molecule has 2 rings (SSSR count). The molecule has 0 aliphatic heterocycles. The number of carbonyl (C=O) groups excluding carboxylic acids is 1. The number of Topliss-reactive ketones (excluding diaryl/α,β-unsaturated/α-hetero) is 1. The molecule has 0 unspecified atom stereocenters. The molecule has 0 saturated heterocycles. The lowest BCUT2D eigenvalue weighted by atomic mass is 10.0. The minimum absolute atomic E-state index is 0. The normalized spacial score (nSPS) is 9.56. The van der Waals surface area contributed by atoms with E-state index in [0.29, 0.717) is 18.4 Å². The summed E-state index contributed by atoms with van der Waals surface area (Å²) in [7, 11) is 0. The number of para-hydroxylation sites is 1. The Bertz CT molecular complexity index is 509. The summed E-state index contributed by atoms with van der Waals surface area (Å²) in [5.74, 6) is 0.0394. The SMILES string of the molecule is O=C(CCc1ccccc1)c1ccccc1O.[B]. The van der Waals surface area contributed by atoms with Gasteiger partial charge in [0, 0.05) is 14.8 Å². The van der Waals surface area contributed by atoms with Crippen LogP contribution in [0, 0.1) is 0 Å². The van der Waals surface area contributed by atoms with Crippen LogP contribution < -0.4 is 0 Å². The highest BCUT2D eigenvalue weighted by molar-refractivity contribution is 5.98. The Morgan fingerprint density at radius 2 is 1.56 bits per heavy atom. The fraction of sp³-hybridized carbons (Fsp3) is 0.133. The van der Waals surface area contributed by atoms with Crippen molar-refractivity contribution in [1.29, 1.82) is 0 Å². The zero-order valence-electron chi connectivity index (χ0n) is 10.0. The van der Waals surface area contributed by atoms with Crippen molar-refractivity contribution in [3.05, 3.63) is 65.7 Å². The van der Waals surface area contributed by atoms with Crippen LogP contribution in [0.1, 0.15) is 22.3 Å². The zero-order valence-corrected chi connectivity index (χ0v) is 10.0. The lowest BCUT2D eigenvalue weighted by molar-refractivity contribution is 0.0980.